The van der Waals surface area contributed by atoms with Crippen molar-refractivity contribution in [3.8, 4) is 0 Å². The Morgan fingerprint density at radius 1 is 1.08 bits per heavy atom. The maximum absolute atomic E-state index is 13.2. The standard InChI is InChI=1S/C21H25FN2S/c1-15-7-12-19(13-16(15)2)23-21(25)24(20-5-3-4-6-20)14-17-8-10-18(22)11-9-17/h7-13,20H,3-6,14H2,1-2H3,(H,23,25). The predicted molar refractivity (Wildman–Crippen MR) is 106 cm³/mol. The summed E-state index contributed by atoms with van der Waals surface area (Å²) >= 11 is 5.74. The molecule has 25 heavy (non-hydrogen) atoms. The van der Waals surface area contributed by atoms with E-state index in [-0.39, 0.29) is 5.82 Å². The number of hydrogen-bond donors (Lipinski definition) is 1. The van der Waals surface area contributed by atoms with Gasteiger partial charge in [0.05, 0.1) is 0 Å². The third-order valence-corrected chi connectivity index (χ3v) is 5.39. The Labute approximate surface area is 155 Å². The SMILES string of the molecule is Cc1ccc(NC(=S)N(Cc2ccc(F)cc2)C2CCCC2)cc1C. The van der Waals surface area contributed by atoms with E-state index < -0.39 is 0 Å². The van der Waals surface area contributed by atoms with E-state index >= 15 is 0 Å². The van der Waals surface area contributed by atoms with Gasteiger partial charge in [0, 0.05) is 18.3 Å². The molecule has 1 fully saturated rings. The summed E-state index contributed by atoms with van der Waals surface area (Å²) in [7, 11) is 0. The van der Waals surface area contributed by atoms with Gasteiger partial charge >= 0.3 is 0 Å². The lowest BCUT2D eigenvalue weighted by Gasteiger charge is -2.32. The van der Waals surface area contributed by atoms with Gasteiger partial charge in [0.2, 0.25) is 0 Å². The summed E-state index contributed by atoms with van der Waals surface area (Å²) in [5, 5.41) is 4.15. The van der Waals surface area contributed by atoms with Crippen molar-refractivity contribution in [1.29, 1.82) is 0 Å². The summed E-state index contributed by atoms with van der Waals surface area (Å²) in [6, 6.07) is 13.5. The van der Waals surface area contributed by atoms with Crippen LogP contribution in [0.3, 0.4) is 0 Å². The summed E-state index contributed by atoms with van der Waals surface area (Å²) in [5.74, 6) is -0.202. The number of halogens is 1. The third-order valence-electron chi connectivity index (χ3n) is 5.05. The monoisotopic (exact) mass is 356 g/mol. The van der Waals surface area contributed by atoms with E-state index in [0.29, 0.717) is 12.6 Å². The van der Waals surface area contributed by atoms with Crippen LogP contribution in [0, 0.1) is 19.7 Å². The number of benzene rings is 2. The Morgan fingerprint density at radius 3 is 2.40 bits per heavy atom. The number of nitrogens with zero attached hydrogens (tertiary/aromatic N) is 1. The maximum atomic E-state index is 13.2. The first-order valence-corrected chi connectivity index (χ1v) is 9.33. The number of anilines is 1. The molecule has 0 radical (unpaired) electrons. The highest BCUT2D eigenvalue weighted by Gasteiger charge is 2.25. The van der Waals surface area contributed by atoms with Crippen LogP contribution in [0.15, 0.2) is 42.5 Å². The molecule has 2 aromatic carbocycles. The van der Waals surface area contributed by atoms with Gasteiger partial charge in [-0.15, -0.1) is 0 Å². The number of nitrogens with one attached hydrogen (secondary N) is 1. The van der Waals surface area contributed by atoms with Crippen molar-refractivity contribution >= 4 is 23.0 Å². The quantitative estimate of drug-likeness (QED) is 0.720. The molecule has 0 spiro atoms. The molecule has 1 N–H and O–H groups in total. The summed E-state index contributed by atoms with van der Waals surface area (Å²) in [6.45, 7) is 4.93. The number of aryl methyl sites for hydroxylation is 2. The predicted octanol–water partition coefficient (Wildman–Crippen LogP) is 5.58. The summed E-state index contributed by atoms with van der Waals surface area (Å²) in [5.41, 5.74) is 4.63. The molecule has 1 saturated carbocycles. The fourth-order valence-corrected chi connectivity index (χ4v) is 3.72. The largest absolute Gasteiger partial charge is 0.342 e. The zero-order valence-corrected chi connectivity index (χ0v) is 15.7. The average Bonchev–Trinajstić information content (AvgIpc) is 3.12. The average molecular weight is 357 g/mol. The number of hydrogen-bond acceptors (Lipinski definition) is 1. The minimum absolute atomic E-state index is 0.202. The van der Waals surface area contributed by atoms with E-state index in [1.165, 1.54) is 36.1 Å². The first-order valence-electron chi connectivity index (χ1n) is 8.92. The molecule has 0 atom stereocenters. The van der Waals surface area contributed by atoms with Crippen molar-refractivity contribution in [3.63, 3.8) is 0 Å². The first kappa shape index (κ1) is 17.9. The highest BCUT2D eigenvalue weighted by Crippen LogP contribution is 2.26. The molecule has 2 nitrogen and oxygen atoms in total. The number of rotatable bonds is 4. The maximum Gasteiger partial charge on any atom is 0.173 e. The van der Waals surface area contributed by atoms with Crippen LogP contribution >= 0.6 is 12.2 Å². The Hall–Kier alpha value is -1.94. The van der Waals surface area contributed by atoms with Crippen molar-refractivity contribution < 1.29 is 4.39 Å². The molecule has 4 heteroatoms. The van der Waals surface area contributed by atoms with Gasteiger partial charge in [0.25, 0.3) is 0 Å². The summed E-state index contributed by atoms with van der Waals surface area (Å²) < 4.78 is 13.2. The van der Waals surface area contributed by atoms with Gasteiger partial charge in [-0.25, -0.2) is 4.39 Å². The fraction of sp³-hybridized carbons (Fsp3) is 0.381. The molecule has 0 saturated heterocycles. The normalized spacial score (nSPS) is 14.5. The molecule has 0 unspecified atom stereocenters. The van der Waals surface area contributed by atoms with E-state index in [9.17, 15) is 4.39 Å². The molecule has 2 aromatic rings. The van der Waals surface area contributed by atoms with Crippen molar-refractivity contribution in [2.45, 2.75) is 52.1 Å². The van der Waals surface area contributed by atoms with Crippen molar-refractivity contribution in [2.75, 3.05) is 5.32 Å². The zero-order valence-electron chi connectivity index (χ0n) is 14.9. The number of thiocarbonyl (C=S) groups is 1. The van der Waals surface area contributed by atoms with Gasteiger partial charge in [-0.1, -0.05) is 31.0 Å². The molecule has 0 aromatic heterocycles. The Bertz CT molecular complexity index is 736. The van der Waals surface area contributed by atoms with Crippen molar-refractivity contribution in [1.82, 2.24) is 4.90 Å². The fourth-order valence-electron chi connectivity index (χ4n) is 3.38. The van der Waals surface area contributed by atoms with Gasteiger partial charge in [-0.3, -0.25) is 0 Å². The molecule has 132 valence electrons. The highest BCUT2D eigenvalue weighted by atomic mass is 32.1. The van der Waals surface area contributed by atoms with Gasteiger partial charge in [-0.05, 0) is 79.9 Å². The molecule has 0 bridgehead atoms. The minimum Gasteiger partial charge on any atom is -0.342 e. The lowest BCUT2D eigenvalue weighted by atomic mass is 10.1. The molecular weight excluding hydrogens is 331 g/mol. The van der Waals surface area contributed by atoms with E-state index in [2.05, 4.69) is 42.3 Å². The summed E-state index contributed by atoms with van der Waals surface area (Å²) in [6.07, 6.45) is 4.82. The topological polar surface area (TPSA) is 15.3 Å². The second kappa shape index (κ2) is 7.96. The van der Waals surface area contributed by atoms with Crippen LogP contribution in [0.2, 0.25) is 0 Å². The van der Waals surface area contributed by atoms with Crippen molar-refractivity contribution in [2.24, 2.45) is 0 Å². The second-order valence-corrected chi connectivity index (χ2v) is 7.31. The lowest BCUT2D eigenvalue weighted by Crippen LogP contribution is -2.41. The minimum atomic E-state index is -0.202. The highest BCUT2D eigenvalue weighted by molar-refractivity contribution is 7.80. The van der Waals surface area contributed by atoms with Crippen LogP contribution in [0.4, 0.5) is 10.1 Å². The van der Waals surface area contributed by atoms with Gasteiger partial charge in [0.1, 0.15) is 5.82 Å². The zero-order chi connectivity index (χ0) is 17.8. The third kappa shape index (κ3) is 4.57. The van der Waals surface area contributed by atoms with E-state index in [1.54, 1.807) is 0 Å². The van der Waals surface area contributed by atoms with Gasteiger partial charge in [-0.2, -0.15) is 0 Å². The van der Waals surface area contributed by atoms with Crippen LogP contribution in [-0.4, -0.2) is 16.1 Å². The van der Waals surface area contributed by atoms with Crippen LogP contribution in [0.1, 0.15) is 42.4 Å². The lowest BCUT2D eigenvalue weighted by molar-refractivity contribution is 0.312. The summed E-state index contributed by atoms with van der Waals surface area (Å²) in [4.78, 5) is 2.27. The smallest absolute Gasteiger partial charge is 0.173 e. The molecule has 1 aliphatic carbocycles. The molecule has 1 aliphatic rings. The van der Waals surface area contributed by atoms with Crippen LogP contribution in [0.25, 0.3) is 0 Å². The molecule has 0 aliphatic heterocycles. The molecule has 3 rings (SSSR count). The van der Waals surface area contributed by atoms with Gasteiger partial charge < -0.3 is 10.2 Å². The van der Waals surface area contributed by atoms with Crippen LogP contribution < -0.4 is 5.32 Å². The van der Waals surface area contributed by atoms with Gasteiger partial charge in [0.15, 0.2) is 5.11 Å². The first-order chi connectivity index (χ1) is 12.0. The van der Waals surface area contributed by atoms with Crippen LogP contribution in [0.5, 0.6) is 0 Å². The molecule has 0 heterocycles. The molecular formula is C21H25FN2S. The Kier molecular flexibility index (Phi) is 5.69. The van der Waals surface area contributed by atoms with Crippen LogP contribution in [-0.2, 0) is 6.54 Å². The van der Waals surface area contributed by atoms with E-state index in [4.69, 9.17) is 12.2 Å². The van der Waals surface area contributed by atoms with E-state index in [1.807, 2.05) is 12.1 Å². The van der Waals surface area contributed by atoms with Crippen molar-refractivity contribution in [3.05, 3.63) is 65.0 Å². The van der Waals surface area contributed by atoms with E-state index in [0.717, 1.165) is 29.2 Å². The molecule has 0 amide bonds. The second-order valence-electron chi connectivity index (χ2n) is 6.92. The Morgan fingerprint density at radius 2 is 1.76 bits per heavy atom. The Balaban J connectivity index is 1.76.